The Kier molecular flexibility index (Phi) is 5.24. The van der Waals surface area contributed by atoms with Gasteiger partial charge in [-0.2, -0.15) is 0 Å². The fourth-order valence-electron chi connectivity index (χ4n) is 6.00. The Bertz CT molecular complexity index is 1330. The number of hydrogen-bond acceptors (Lipinski definition) is 4. The molecule has 3 aliphatic rings. The van der Waals surface area contributed by atoms with Gasteiger partial charge < -0.3 is 9.47 Å². The predicted octanol–water partition coefficient (Wildman–Crippen LogP) is 5.53. The number of aromatic nitrogens is 3. The summed E-state index contributed by atoms with van der Waals surface area (Å²) in [5.74, 6) is 0.134. The van der Waals surface area contributed by atoms with Crippen LogP contribution in [0.3, 0.4) is 0 Å². The van der Waals surface area contributed by atoms with Crippen LogP contribution in [0.25, 0.3) is 22.3 Å². The van der Waals surface area contributed by atoms with Crippen molar-refractivity contribution in [1.29, 1.82) is 0 Å². The number of rotatable bonds is 4. The van der Waals surface area contributed by atoms with Crippen molar-refractivity contribution in [2.45, 2.75) is 76.7 Å². The van der Waals surface area contributed by atoms with Crippen molar-refractivity contribution in [1.82, 2.24) is 19.4 Å². The molecule has 6 rings (SSSR count). The van der Waals surface area contributed by atoms with Gasteiger partial charge in [-0.1, -0.05) is 23.7 Å². The number of pyridine rings is 1. The van der Waals surface area contributed by atoms with E-state index in [1.165, 1.54) is 0 Å². The molecule has 35 heavy (non-hydrogen) atoms. The van der Waals surface area contributed by atoms with Gasteiger partial charge in [0.05, 0.1) is 23.0 Å². The zero-order valence-electron chi connectivity index (χ0n) is 20.6. The third kappa shape index (κ3) is 3.50. The zero-order valence-corrected chi connectivity index (χ0v) is 21.4. The molecule has 3 aromatic rings. The topological polar surface area (TPSA) is 54.3 Å². The van der Waals surface area contributed by atoms with Crippen molar-refractivity contribution >= 4 is 34.2 Å². The number of hydrogen-bond donors (Lipinski definition) is 0. The lowest BCUT2D eigenvalue weighted by molar-refractivity contribution is -0.123. The normalized spacial score (nSPS) is 26.1. The molecule has 2 fully saturated rings. The van der Waals surface area contributed by atoms with Crippen LogP contribution in [0.15, 0.2) is 30.6 Å². The molecule has 1 saturated heterocycles. The first-order valence-electron chi connectivity index (χ1n) is 12.5. The van der Waals surface area contributed by atoms with Crippen molar-refractivity contribution in [3.63, 3.8) is 0 Å². The number of anilines is 1. The number of nitrogens with zero attached hydrogens (tertiary/aromatic N) is 5. The zero-order chi connectivity index (χ0) is 24.6. The summed E-state index contributed by atoms with van der Waals surface area (Å²) < 4.78 is 15.7. The Morgan fingerprint density at radius 3 is 2.63 bits per heavy atom. The molecule has 184 valence electrons. The number of amides is 1. The number of imidazole rings is 1. The fraction of sp³-hybridized carbons (Fsp3) is 0.519. The van der Waals surface area contributed by atoms with E-state index in [1.54, 1.807) is 6.33 Å². The smallest absolute Gasteiger partial charge is 0.237 e. The summed E-state index contributed by atoms with van der Waals surface area (Å²) in [5.41, 5.74) is 4.71. The Balaban J connectivity index is 1.34. The maximum absolute atomic E-state index is 13.7. The molecule has 2 aliphatic heterocycles. The summed E-state index contributed by atoms with van der Waals surface area (Å²) in [7, 11) is 0. The molecule has 1 amide bonds. The van der Waals surface area contributed by atoms with Gasteiger partial charge in [0.1, 0.15) is 11.7 Å². The van der Waals surface area contributed by atoms with E-state index in [2.05, 4.69) is 35.9 Å². The van der Waals surface area contributed by atoms with Crippen LogP contribution < -0.4 is 4.90 Å². The number of benzene rings is 1. The standard InChI is InChI=1S/C27H31ClFN5O/c1-15(2)33-14-30-22-12-21(31-25(28)24(22)33)16-5-6-20-23(9-16)34(26(35)27(20,3)4)19-10-18(11-19)32-8-7-17(29)13-32/h5-6,9,12,14-15,17-19H,7-8,10-11,13H2,1-4H3/t17-,18-,19+/m1/s1. The minimum Gasteiger partial charge on any atom is -0.326 e. The molecule has 2 aromatic heterocycles. The number of alkyl halides is 1. The molecule has 1 aromatic carbocycles. The van der Waals surface area contributed by atoms with Gasteiger partial charge in [-0.25, -0.2) is 14.4 Å². The van der Waals surface area contributed by atoms with Crippen LogP contribution in [-0.4, -0.2) is 56.7 Å². The van der Waals surface area contributed by atoms with Crippen LogP contribution in [-0.2, 0) is 10.2 Å². The van der Waals surface area contributed by atoms with Crippen molar-refractivity contribution < 1.29 is 9.18 Å². The molecular weight excluding hydrogens is 465 g/mol. The molecule has 0 spiro atoms. The third-order valence-corrected chi connectivity index (χ3v) is 8.44. The Hall–Kier alpha value is -2.51. The van der Waals surface area contributed by atoms with Crippen LogP contribution in [0, 0.1) is 0 Å². The van der Waals surface area contributed by atoms with E-state index in [9.17, 15) is 9.18 Å². The minimum absolute atomic E-state index is 0.134. The van der Waals surface area contributed by atoms with Crippen LogP contribution in [0.1, 0.15) is 58.6 Å². The summed E-state index contributed by atoms with van der Waals surface area (Å²) in [6, 6.07) is 8.86. The molecule has 0 radical (unpaired) electrons. The molecule has 0 unspecified atom stereocenters. The lowest BCUT2D eigenvalue weighted by Gasteiger charge is -2.45. The first-order chi connectivity index (χ1) is 16.6. The molecule has 1 saturated carbocycles. The van der Waals surface area contributed by atoms with Crippen LogP contribution in [0.5, 0.6) is 0 Å². The average Bonchev–Trinajstić information content (AvgIpc) is 3.45. The van der Waals surface area contributed by atoms with Crippen LogP contribution >= 0.6 is 11.6 Å². The van der Waals surface area contributed by atoms with Crippen LogP contribution in [0.4, 0.5) is 10.1 Å². The van der Waals surface area contributed by atoms with E-state index in [1.807, 2.05) is 35.4 Å². The lowest BCUT2D eigenvalue weighted by atomic mass is 9.83. The molecule has 6 nitrogen and oxygen atoms in total. The summed E-state index contributed by atoms with van der Waals surface area (Å²) >= 11 is 6.62. The van der Waals surface area contributed by atoms with Crippen molar-refractivity contribution in [2.75, 3.05) is 18.0 Å². The highest BCUT2D eigenvalue weighted by Gasteiger charge is 2.50. The van der Waals surface area contributed by atoms with Crippen molar-refractivity contribution in [3.05, 3.63) is 41.3 Å². The van der Waals surface area contributed by atoms with Crippen molar-refractivity contribution in [3.8, 4) is 11.3 Å². The van der Waals surface area contributed by atoms with Crippen molar-refractivity contribution in [2.24, 2.45) is 0 Å². The minimum atomic E-state index is -0.715. The van der Waals surface area contributed by atoms with E-state index in [0.29, 0.717) is 24.2 Å². The first kappa shape index (κ1) is 22.9. The molecule has 0 bridgehead atoms. The van der Waals surface area contributed by atoms with Crippen LogP contribution in [0.2, 0.25) is 5.15 Å². The predicted molar refractivity (Wildman–Crippen MR) is 137 cm³/mol. The molecule has 4 heterocycles. The van der Waals surface area contributed by atoms with E-state index < -0.39 is 11.6 Å². The molecule has 8 heteroatoms. The lowest BCUT2D eigenvalue weighted by Crippen LogP contribution is -2.55. The fourth-order valence-corrected chi connectivity index (χ4v) is 6.29. The highest BCUT2D eigenvalue weighted by atomic mass is 35.5. The van der Waals surface area contributed by atoms with E-state index >= 15 is 0 Å². The van der Waals surface area contributed by atoms with E-state index in [0.717, 1.165) is 52.9 Å². The van der Waals surface area contributed by atoms with Gasteiger partial charge in [-0.05, 0) is 64.7 Å². The average molecular weight is 496 g/mol. The Labute approximate surface area is 210 Å². The molecular formula is C27H31ClFN5O. The largest absolute Gasteiger partial charge is 0.326 e. The number of carbonyl (C=O) groups is 1. The van der Waals surface area contributed by atoms with Gasteiger partial charge in [-0.15, -0.1) is 0 Å². The molecule has 0 N–H and O–H groups in total. The quantitative estimate of drug-likeness (QED) is 0.446. The van der Waals surface area contributed by atoms with E-state index in [-0.39, 0.29) is 18.0 Å². The SMILES string of the molecule is CC(C)n1cnc2cc(-c3ccc4c(c3)N([C@H]3C[C@@H](N5CC[C@@H](F)C5)C3)C(=O)C4(C)C)nc(Cl)c21. The Morgan fingerprint density at radius 2 is 1.94 bits per heavy atom. The second-order valence-electron chi connectivity index (χ2n) is 11.1. The van der Waals surface area contributed by atoms with Gasteiger partial charge in [0.25, 0.3) is 0 Å². The third-order valence-electron chi connectivity index (χ3n) is 8.18. The number of carbonyl (C=O) groups excluding carboxylic acids is 1. The maximum atomic E-state index is 13.7. The van der Waals surface area contributed by atoms with Gasteiger partial charge in [0, 0.05) is 42.5 Å². The second-order valence-corrected chi connectivity index (χ2v) is 11.5. The number of fused-ring (bicyclic) bond motifs is 2. The van der Waals surface area contributed by atoms with Gasteiger partial charge in [-0.3, -0.25) is 9.69 Å². The monoisotopic (exact) mass is 495 g/mol. The number of likely N-dealkylation sites (tertiary alicyclic amines) is 1. The maximum Gasteiger partial charge on any atom is 0.237 e. The summed E-state index contributed by atoms with van der Waals surface area (Å²) in [6.45, 7) is 9.52. The highest BCUT2D eigenvalue weighted by Crippen LogP contribution is 2.48. The molecule has 1 atom stereocenters. The summed E-state index contributed by atoms with van der Waals surface area (Å²) in [4.78, 5) is 27.0. The second kappa shape index (κ2) is 8.00. The number of halogens is 2. The van der Waals surface area contributed by atoms with Gasteiger partial charge in [0.2, 0.25) is 5.91 Å². The molecule has 1 aliphatic carbocycles. The summed E-state index contributed by atoms with van der Waals surface area (Å²) in [5, 5.41) is 0.427. The van der Waals surface area contributed by atoms with E-state index in [4.69, 9.17) is 16.6 Å². The first-order valence-corrected chi connectivity index (χ1v) is 12.9. The van der Waals surface area contributed by atoms with Gasteiger partial charge >= 0.3 is 0 Å². The highest BCUT2D eigenvalue weighted by molar-refractivity contribution is 6.34. The van der Waals surface area contributed by atoms with Gasteiger partial charge in [0.15, 0.2) is 5.15 Å². The summed E-state index contributed by atoms with van der Waals surface area (Å²) in [6.07, 6.45) is 3.49. The Morgan fingerprint density at radius 1 is 1.17 bits per heavy atom.